The van der Waals surface area contributed by atoms with Gasteiger partial charge in [0.1, 0.15) is 6.26 Å². The molecule has 1 aromatic heterocycles. The Morgan fingerprint density at radius 1 is 1.32 bits per heavy atom. The third-order valence-electron chi connectivity index (χ3n) is 3.22. The molecule has 0 spiro atoms. The molecular weight excluding hydrogens is 278 g/mol. The number of aromatic nitrogens is 1. The van der Waals surface area contributed by atoms with Gasteiger partial charge in [-0.1, -0.05) is 25.1 Å². The Kier molecular flexibility index (Phi) is 5.72. The van der Waals surface area contributed by atoms with Gasteiger partial charge in [-0.25, -0.2) is 4.98 Å². The van der Waals surface area contributed by atoms with Gasteiger partial charge < -0.3 is 9.73 Å². The first kappa shape index (κ1) is 16.2. The fourth-order valence-corrected chi connectivity index (χ4v) is 2.17. The molecule has 5 nitrogen and oxygen atoms in total. The lowest BCUT2D eigenvalue weighted by atomic mass is 10.2. The van der Waals surface area contributed by atoms with Crippen LogP contribution in [0.15, 0.2) is 41.0 Å². The van der Waals surface area contributed by atoms with E-state index in [0.29, 0.717) is 19.0 Å². The molecule has 0 saturated heterocycles. The summed E-state index contributed by atoms with van der Waals surface area (Å²) < 4.78 is 5.53. The van der Waals surface area contributed by atoms with Crippen LogP contribution >= 0.6 is 0 Å². The lowest BCUT2D eigenvalue weighted by Crippen LogP contribution is -2.39. The van der Waals surface area contributed by atoms with Crippen molar-refractivity contribution in [2.45, 2.75) is 33.4 Å². The van der Waals surface area contributed by atoms with Crippen molar-refractivity contribution in [1.29, 1.82) is 0 Å². The smallest absolute Gasteiger partial charge is 0.234 e. The van der Waals surface area contributed by atoms with Crippen LogP contribution in [0.5, 0.6) is 0 Å². The van der Waals surface area contributed by atoms with Crippen molar-refractivity contribution >= 4 is 5.91 Å². The van der Waals surface area contributed by atoms with Crippen molar-refractivity contribution in [1.82, 2.24) is 15.2 Å². The Balaban J connectivity index is 1.97. The highest BCUT2D eigenvalue weighted by Crippen LogP contribution is 2.18. The van der Waals surface area contributed by atoms with Gasteiger partial charge in [-0.15, -0.1) is 0 Å². The molecule has 1 aromatic carbocycles. The number of amides is 1. The quantitative estimate of drug-likeness (QED) is 0.854. The molecule has 0 aliphatic carbocycles. The number of hydrogen-bond donors (Lipinski definition) is 1. The van der Waals surface area contributed by atoms with E-state index in [4.69, 9.17) is 4.42 Å². The van der Waals surface area contributed by atoms with Crippen molar-refractivity contribution in [2.24, 2.45) is 0 Å². The summed E-state index contributed by atoms with van der Waals surface area (Å²) in [5.41, 5.74) is 1.78. The first-order valence-corrected chi connectivity index (χ1v) is 7.60. The SMILES string of the molecule is CCN(CC(=O)NC(C)C)Cc1coc(-c2ccccc2)n1. The molecule has 118 valence electrons. The Morgan fingerprint density at radius 2 is 2.05 bits per heavy atom. The molecule has 5 heteroatoms. The third-order valence-corrected chi connectivity index (χ3v) is 3.22. The molecule has 0 aliphatic rings. The zero-order valence-electron chi connectivity index (χ0n) is 13.4. The number of carbonyl (C=O) groups excluding carboxylic acids is 1. The van der Waals surface area contributed by atoms with E-state index in [9.17, 15) is 4.79 Å². The molecule has 0 atom stereocenters. The fraction of sp³-hybridized carbons (Fsp3) is 0.412. The van der Waals surface area contributed by atoms with Crippen molar-refractivity contribution in [3.05, 3.63) is 42.3 Å². The summed E-state index contributed by atoms with van der Waals surface area (Å²) in [5, 5.41) is 2.90. The minimum Gasteiger partial charge on any atom is -0.444 e. The predicted molar refractivity (Wildman–Crippen MR) is 86.2 cm³/mol. The Hall–Kier alpha value is -2.14. The van der Waals surface area contributed by atoms with E-state index in [1.165, 1.54) is 0 Å². The minimum atomic E-state index is 0.0311. The van der Waals surface area contributed by atoms with Crippen molar-refractivity contribution < 1.29 is 9.21 Å². The lowest BCUT2D eigenvalue weighted by molar-refractivity contribution is -0.122. The highest BCUT2D eigenvalue weighted by atomic mass is 16.3. The van der Waals surface area contributed by atoms with Crippen LogP contribution in [0.1, 0.15) is 26.5 Å². The normalized spacial score (nSPS) is 11.1. The maximum Gasteiger partial charge on any atom is 0.234 e. The van der Waals surface area contributed by atoms with Crippen LogP contribution < -0.4 is 5.32 Å². The van der Waals surface area contributed by atoms with Crippen molar-refractivity contribution in [2.75, 3.05) is 13.1 Å². The van der Waals surface area contributed by atoms with Crippen LogP contribution in [0.25, 0.3) is 11.5 Å². The monoisotopic (exact) mass is 301 g/mol. The van der Waals surface area contributed by atoms with Crippen molar-refractivity contribution in [3.63, 3.8) is 0 Å². The number of oxazole rings is 1. The summed E-state index contributed by atoms with van der Waals surface area (Å²) in [6.07, 6.45) is 1.66. The van der Waals surface area contributed by atoms with Crippen LogP contribution in [-0.2, 0) is 11.3 Å². The molecule has 0 bridgehead atoms. The van der Waals surface area contributed by atoms with Gasteiger partial charge in [0.15, 0.2) is 0 Å². The van der Waals surface area contributed by atoms with E-state index in [-0.39, 0.29) is 11.9 Å². The van der Waals surface area contributed by atoms with E-state index < -0.39 is 0 Å². The molecule has 0 saturated carbocycles. The highest BCUT2D eigenvalue weighted by molar-refractivity contribution is 5.78. The summed E-state index contributed by atoms with van der Waals surface area (Å²) in [6, 6.07) is 9.94. The van der Waals surface area contributed by atoms with Gasteiger partial charge in [-0.2, -0.15) is 0 Å². The zero-order valence-corrected chi connectivity index (χ0v) is 13.4. The molecule has 0 aliphatic heterocycles. The molecule has 1 amide bonds. The van der Waals surface area contributed by atoms with Crippen LogP contribution in [0.2, 0.25) is 0 Å². The number of rotatable bonds is 7. The molecule has 0 radical (unpaired) electrons. The van der Waals surface area contributed by atoms with Gasteiger partial charge >= 0.3 is 0 Å². The first-order valence-electron chi connectivity index (χ1n) is 7.60. The molecule has 0 fully saturated rings. The van der Waals surface area contributed by atoms with Crippen LogP contribution in [0.3, 0.4) is 0 Å². The largest absolute Gasteiger partial charge is 0.444 e. The van der Waals surface area contributed by atoms with Crippen LogP contribution in [0, 0.1) is 0 Å². The number of likely N-dealkylation sites (N-methyl/N-ethyl adjacent to an activating group) is 1. The Bertz CT molecular complexity index is 593. The standard InChI is InChI=1S/C17H23N3O2/c1-4-20(11-16(21)18-13(2)3)10-15-12-22-17(19-15)14-8-6-5-7-9-14/h5-9,12-13H,4,10-11H2,1-3H3,(H,18,21). The van der Waals surface area contributed by atoms with Gasteiger partial charge in [-0.3, -0.25) is 9.69 Å². The predicted octanol–water partition coefficient (Wildman–Crippen LogP) is 2.69. The van der Waals surface area contributed by atoms with E-state index in [0.717, 1.165) is 17.8 Å². The number of nitrogens with zero attached hydrogens (tertiary/aromatic N) is 2. The second-order valence-electron chi connectivity index (χ2n) is 5.54. The lowest BCUT2D eigenvalue weighted by Gasteiger charge is -2.19. The number of carbonyl (C=O) groups is 1. The zero-order chi connectivity index (χ0) is 15.9. The van der Waals surface area contributed by atoms with Crippen LogP contribution in [-0.4, -0.2) is 34.9 Å². The summed E-state index contributed by atoms with van der Waals surface area (Å²) in [4.78, 5) is 18.4. The topological polar surface area (TPSA) is 58.4 Å². The summed E-state index contributed by atoms with van der Waals surface area (Å²) in [5.74, 6) is 0.641. The highest BCUT2D eigenvalue weighted by Gasteiger charge is 2.13. The van der Waals surface area contributed by atoms with E-state index >= 15 is 0 Å². The minimum absolute atomic E-state index is 0.0311. The number of nitrogens with one attached hydrogen (secondary N) is 1. The number of benzene rings is 1. The Labute approximate surface area is 131 Å². The summed E-state index contributed by atoms with van der Waals surface area (Å²) in [6.45, 7) is 7.68. The molecule has 1 N–H and O–H groups in total. The molecule has 2 aromatic rings. The molecule has 1 heterocycles. The van der Waals surface area contributed by atoms with E-state index in [1.54, 1.807) is 6.26 Å². The average Bonchev–Trinajstić information content (AvgIpc) is 2.95. The summed E-state index contributed by atoms with van der Waals surface area (Å²) in [7, 11) is 0. The third kappa shape index (κ3) is 4.70. The van der Waals surface area contributed by atoms with Gasteiger partial charge in [0.25, 0.3) is 0 Å². The van der Waals surface area contributed by atoms with Crippen molar-refractivity contribution in [3.8, 4) is 11.5 Å². The second kappa shape index (κ2) is 7.75. The molecule has 22 heavy (non-hydrogen) atoms. The van der Waals surface area contributed by atoms with Gasteiger partial charge in [0.2, 0.25) is 11.8 Å². The second-order valence-corrected chi connectivity index (χ2v) is 5.54. The average molecular weight is 301 g/mol. The maximum absolute atomic E-state index is 11.8. The van der Waals surface area contributed by atoms with Gasteiger partial charge in [-0.05, 0) is 32.5 Å². The fourth-order valence-electron chi connectivity index (χ4n) is 2.17. The molecular formula is C17H23N3O2. The van der Waals surface area contributed by atoms with Gasteiger partial charge in [0.05, 0.1) is 12.2 Å². The van der Waals surface area contributed by atoms with Crippen LogP contribution in [0.4, 0.5) is 0 Å². The van der Waals surface area contributed by atoms with Gasteiger partial charge in [0, 0.05) is 18.2 Å². The molecule has 2 rings (SSSR count). The molecule has 0 unspecified atom stereocenters. The number of hydrogen-bond acceptors (Lipinski definition) is 4. The first-order chi connectivity index (χ1) is 10.6. The maximum atomic E-state index is 11.8. The van der Waals surface area contributed by atoms with E-state index in [1.807, 2.05) is 56.0 Å². The Morgan fingerprint density at radius 3 is 2.68 bits per heavy atom. The summed E-state index contributed by atoms with van der Waals surface area (Å²) >= 11 is 0. The van der Waals surface area contributed by atoms with E-state index in [2.05, 4.69) is 10.3 Å².